The smallest absolute Gasteiger partial charge is 0.224 e. The van der Waals surface area contributed by atoms with Gasteiger partial charge in [-0.25, -0.2) is 0 Å². The molecule has 1 aromatic carbocycles. The van der Waals surface area contributed by atoms with Crippen molar-refractivity contribution in [1.82, 2.24) is 4.90 Å². The number of likely N-dealkylation sites (tertiary alicyclic amines) is 1. The number of hydrogen-bond acceptors (Lipinski definition) is 3. The molecule has 1 atom stereocenters. The quantitative estimate of drug-likeness (QED) is 0.873. The standard InChI is InChI=1S/C16H24ClN3O/c1-4-16(21)19-12-5-6-14(17)15(9-12)18-13-7-8-20(10-13)11(2)3/h5-6,9,11,13,18H,4,7-8,10H2,1-3H3,(H,19,21). The van der Waals surface area contributed by atoms with Crippen molar-refractivity contribution in [2.75, 3.05) is 23.7 Å². The molecule has 1 saturated heterocycles. The summed E-state index contributed by atoms with van der Waals surface area (Å²) in [5, 5.41) is 7.05. The Balaban J connectivity index is 2.02. The molecule has 116 valence electrons. The molecule has 0 aliphatic carbocycles. The summed E-state index contributed by atoms with van der Waals surface area (Å²) in [7, 11) is 0. The van der Waals surface area contributed by atoms with Gasteiger partial charge in [0.1, 0.15) is 0 Å². The van der Waals surface area contributed by atoms with Gasteiger partial charge in [-0.2, -0.15) is 0 Å². The van der Waals surface area contributed by atoms with Gasteiger partial charge in [-0.3, -0.25) is 9.69 Å². The average Bonchev–Trinajstić information content (AvgIpc) is 2.91. The molecule has 0 radical (unpaired) electrons. The minimum absolute atomic E-state index is 0.00937. The van der Waals surface area contributed by atoms with Gasteiger partial charge in [0.15, 0.2) is 0 Å². The van der Waals surface area contributed by atoms with Gasteiger partial charge < -0.3 is 10.6 Å². The number of amides is 1. The first-order valence-electron chi connectivity index (χ1n) is 7.59. The van der Waals surface area contributed by atoms with E-state index in [4.69, 9.17) is 11.6 Å². The zero-order valence-electron chi connectivity index (χ0n) is 12.9. The van der Waals surface area contributed by atoms with Crippen LogP contribution in [0.2, 0.25) is 5.02 Å². The first kappa shape index (κ1) is 16.1. The molecule has 1 unspecified atom stereocenters. The number of anilines is 2. The van der Waals surface area contributed by atoms with Crippen LogP contribution >= 0.6 is 11.6 Å². The lowest BCUT2D eigenvalue weighted by Gasteiger charge is -2.21. The molecule has 1 aromatic rings. The van der Waals surface area contributed by atoms with Crippen molar-refractivity contribution in [2.45, 2.75) is 45.7 Å². The molecule has 1 fully saturated rings. The average molecular weight is 310 g/mol. The van der Waals surface area contributed by atoms with E-state index in [1.807, 2.05) is 25.1 Å². The van der Waals surface area contributed by atoms with Crippen LogP contribution in [0.25, 0.3) is 0 Å². The third-order valence-electron chi connectivity index (χ3n) is 3.88. The second kappa shape index (κ2) is 7.14. The normalized spacial score (nSPS) is 19.0. The summed E-state index contributed by atoms with van der Waals surface area (Å²) in [6, 6.07) is 6.54. The Labute approximate surface area is 131 Å². The van der Waals surface area contributed by atoms with Crippen LogP contribution in [-0.2, 0) is 4.79 Å². The molecule has 0 aromatic heterocycles. The van der Waals surface area contributed by atoms with E-state index in [1.165, 1.54) is 0 Å². The summed E-state index contributed by atoms with van der Waals surface area (Å²) in [4.78, 5) is 13.9. The predicted octanol–water partition coefficient (Wildman–Crippen LogP) is 3.58. The van der Waals surface area contributed by atoms with Gasteiger partial charge in [-0.1, -0.05) is 18.5 Å². The molecular weight excluding hydrogens is 286 g/mol. The summed E-state index contributed by atoms with van der Waals surface area (Å²) in [5.74, 6) is 0.00937. The summed E-state index contributed by atoms with van der Waals surface area (Å²) in [6.07, 6.45) is 1.58. The molecule has 2 N–H and O–H groups in total. The second-order valence-corrected chi connectivity index (χ2v) is 6.22. The number of nitrogens with zero attached hydrogens (tertiary/aromatic N) is 1. The Kier molecular flexibility index (Phi) is 5.48. The lowest BCUT2D eigenvalue weighted by molar-refractivity contribution is -0.115. The van der Waals surface area contributed by atoms with Crippen LogP contribution in [0.5, 0.6) is 0 Å². The van der Waals surface area contributed by atoms with Gasteiger partial charge >= 0.3 is 0 Å². The maximum Gasteiger partial charge on any atom is 0.224 e. The van der Waals surface area contributed by atoms with Crippen molar-refractivity contribution in [3.8, 4) is 0 Å². The van der Waals surface area contributed by atoms with E-state index in [0.29, 0.717) is 23.5 Å². The molecule has 0 spiro atoms. The largest absolute Gasteiger partial charge is 0.380 e. The zero-order chi connectivity index (χ0) is 15.4. The van der Waals surface area contributed by atoms with Crippen LogP contribution in [0.3, 0.4) is 0 Å². The van der Waals surface area contributed by atoms with E-state index >= 15 is 0 Å². The fraction of sp³-hybridized carbons (Fsp3) is 0.562. The topological polar surface area (TPSA) is 44.4 Å². The van der Waals surface area contributed by atoms with Gasteiger partial charge in [0.05, 0.1) is 10.7 Å². The third-order valence-corrected chi connectivity index (χ3v) is 4.21. The van der Waals surface area contributed by atoms with Crippen molar-refractivity contribution < 1.29 is 4.79 Å². The molecule has 5 heteroatoms. The van der Waals surface area contributed by atoms with E-state index in [-0.39, 0.29) is 5.91 Å². The number of benzene rings is 1. The van der Waals surface area contributed by atoms with E-state index in [9.17, 15) is 4.79 Å². The predicted molar refractivity (Wildman–Crippen MR) is 89.1 cm³/mol. The molecule has 1 heterocycles. The minimum atomic E-state index is 0.00937. The molecule has 0 bridgehead atoms. The van der Waals surface area contributed by atoms with Crippen molar-refractivity contribution in [3.63, 3.8) is 0 Å². The van der Waals surface area contributed by atoms with Crippen molar-refractivity contribution in [3.05, 3.63) is 23.2 Å². The third kappa shape index (κ3) is 4.35. The summed E-state index contributed by atoms with van der Waals surface area (Å²) in [5.41, 5.74) is 1.67. The van der Waals surface area contributed by atoms with Crippen LogP contribution in [0, 0.1) is 0 Å². The highest BCUT2D eigenvalue weighted by molar-refractivity contribution is 6.33. The minimum Gasteiger partial charge on any atom is -0.380 e. The Morgan fingerprint density at radius 1 is 1.48 bits per heavy atom. The Bertz CT molecular complexity index is 504. The molecule has 1 amide bonds. The van der Waals surface area contributed by atoms with E-state index in [0.717, 1.165) is 30.9 Å². The first-order chi connectivity index (χ1) is 9.99. The van der Waals surface area contributed by atoms with E-state index < -0.39 is 0 Å². The first-order valence-corrected chi connectivity index (χ1v) is 7.97. The Hall–Kier alpha value is -1.26. The van der Waals surface area contributed by atoms with Crippen LogP contribution < -0.4 is 10.6 Å². The Morgan fingerprint density at radius 2 is 2.24 bits per heavy atom. The number of carbonyl (C=O) groups is 1. The van der Waals surface area contributed by atoms with E-state index in [2.05, 4.69) is 29.4 Å². The van der Waals surface area contributed by atoms with Crippen molar-refractivity contribution >= 4 is 28.9 Å². The molecule has 2 rings (SSSR count). The van der Waals surface area contributed by atoms with Gasteiger partial charge in [0.2, 0.25) is 5.91 Å². The molecular formula is C16H24ClN3O. The van der Waals surface area contributed by atoms with E-state index in [1.54, 1.807) is 0 Å². The lowest BCUT2D eigenvalue weighted by Crippen LogP contribution is -2.31. The maximum absolute atomic E-state index is 11.5. The molecule has 0 saturated carbocycles. The monoisotopic (exact) mass is 309 g/mol. The van der Waals surface area contributed by atoms with Gasteiger partial charge in [0, 0.05) is 37.3 Å². The number of nitrogens with one attached hydrogen (secondary N) is 2. The Morgan fingerprint density at radius 3 is 2.86 bits per heavy atom. The van der Waals surface area contributed by atoms with Crippen molar-refractivity contribution in [2.24, 2.45) is 0 Å². The molecule has 1 aliphatic heterocycles. The highest BCUT2D eigenvalue weighted by Gasteiger charge is 2.24. The van der Waals surface area contributed by atoms with Gasteiger partial charge in [-0.05, 0) is 38.5 Å². The van der Waals surface area contributed by atoms with Crippen LogP contribution in [-0.4, -0.2) is 36.0 Å². The second-order valence-electron chi connectivity index (χ2n) is 5.81. The summed E-state index contributed by atoms with van der Waals surface area (Å²) < 4.78 is 0. The number of carbonyl (C=O) groups excluding carboxylic acids is 1. The van der Waals surface area contributed by atoms with Crippen molar-refractivity contribution in [1.29, 1.82) is 0 Å². The maximum atomic E-state index is 11.5. The molecule has 21 heavy (non-hydrogen) atoms. The fourth-order valence-electron chi connectivity index (χ4n) is 2.56. The SMILES string of the molecule is CCC(=O)Nc1ccc(Cl)c(NC2CCN(C(C)C)C2)c1. The molecule has 4 nitrogen and oxygen atoms in total. The number of hydrogen-bond donors (Lipinski definition) is 2. The summed E-state index contributed by atoms with van der Waals surface area (Å²) in [6.45, 7) is 8.41. The van der Waals surface area contributed by atoms with Crippen LogP contribution in [0.15, 0.2) is 18.2 Å². The molecule has 1 aliphatic rings. The number of halogens is 1. The van der Waals surface area contributed by atoms with Crippen LogP contribution in [0.4, 0.5) is 11.4 Å². The zero-order valence-corrected chi connectivity index (χ0v) is 13.7. The summed E-state index contributed by atoms with van der Waals surface area (Å²) >= 11 is 6.26. The van der Waals surface area contributed by atoms with Crippen LogP contribution in [0.1, 0.15) is 33.6 Å². The number of rotatable bonds is 5. The van der Waals surface area contributed by atoms with Gasteiger partial charge in [-0.15, -0.1) is 0 Å². The van der Waals surface area contributed by atoms with Gasteiger partial charge in [0.25, 0.3) is 0 Å². The highest BCUT2D eigenvalue weighted by atomic mass is 35.5. The fourth-order valence-corrected chi connectivity index (χ4v) is 2.73. The lowest BCUT2D eigenvalue weighted by atomic mass is 10.2. The highest BCUT2D eigenvalue weighted by Crippen LogP contribution is 2.28.